The molecular weight excluding hydrogens is 276 g/mol. The van der Waals surface area contributed by atoms with Crippen molar-refractivity contribution in [1.29, 1.82) is 0 Å². The van der Waals surface area contributed by atoms with Crippen LogP contribution in [0.1, 0.15) is 24.8 Å². The van der Waals surface area contributed by atoms with Gasteiger partial charge in [0.2, 0.25) is 5.91 Å². The summed E-state index contributed by atoms with van der Waals surface area (Å²) < 4.78 is 0. The second-order valence-corrected chi connectivity index (χ2v) is 5.24. The number of nitro benzene ring substituents is 1. The average molecular weight is 292 g/mol. The Bertz CT molecular complexity index is 568. The molecule has 0 heterocycles. The number of hydrogen-bond acceptors (Lipinski definition) is 4. The van der Waals surface area contributed by atoms with E-state index >= 15 is 0 Å². The van der Waals surface area contributed by atoms with E-state index in [0.717, 1.165) is 12.8 Å². The molecule has 1 aliphatic rings. The Morgan fingerprint density at radius 3 is 2.71 bits per heavy atom. The second kappa shape index (κ2) is 6.34. The first-order valence-electron chi connectivity index (χ1n) is 6.71. The SMILES string of the molecule is O=C(Cc1cccc([N+](=O)[O-])c1)N[C@H](CC1CC1)C(=O)O. The molecule has 0 aliphatic heterocycles. The molecule has 1 saturated carbocycles. The first-order chi connectivity index (χ1) is 9.95. The predicted molar refractivity (Wildman–Crippen MR) is 73.7 cm³/mol. The van der Waals surface area contributed by atoms with Crippen LogP contribution in [0, 0.1) is 16.0 Å². The average Bonchev–Trinajstić information content (AvgIpc) is 3.22. The molecule has 21 heavy (non-hydrogen) atoms. The number of rotatable bonds is 7. The van der Waals surface area contributed by atoms with Crippen molar-refractivity contribution >= 4 is 17.6 Å². The lowest BCUT2D eigenvalue weighted by Gasteiger charge is -2.14. The van der Waals surface area contributed by atoms with E-state index in [4.69, 9.17) is 5.11 Å². The Labute approximate surface area is 121 Å². The van der Waals surface area contributed by atoms with Gasteiger partial charge in [0.05, 0.1) is 11.3 Å². The van der Waals surface area contributed by atoms with Crippen molar-refractivity contribution in [2.24, 2.45) is 5.92 Å². The zero-order chi connectivity index (χ0) is 15.4. The number of amides is 1. The number of benzene rings is 1. The highest BCUT2D eigenvalue weighted by Gasteiger charge is 2.30. The molecule has 1 fully saturated rings. The van der Waals surface area contributed by atoms with Gasteiger partial charge in [-0.05, 0) is 17.9 Å². The maximum absolute atomic E-state index is 11.9. The summed E-state index contributed by atoms with van der Waals surface area (Å²) in [6.45, 7) is 0. The summed E-state index contributed by atoms with van der Waals surface area (Å²) in [4.78, 5) is 33.1. The minimum atomic E-state index is -1.05. The molecule has 0 unspecified atom stereocenters. The maximum Gasteiger partial charge on any atom is 0.326 e. The van der Waals surface area contributed by atoms with Crippen LogP contribution < -0.4 is 5.32 Å². The minimum absolute atomic E-state index is 0.0733. The van der Waals surface area contributed by atoms with Crippen LogP contribution in [0.25, 0.3) is 0 Å². The van der Waals surface area contributed by atoms with E-state index in [1.165, 1.54) is 18.2 Å². The molecule has 0 saturated heterocycles. The molecule has 1 atom stereocenters. The highest BCUT2D eigenvalue weighted by molar-refractivity contribution is 5.84. The normalized spacial score (nSPS) is 15.2. The fraction of sp³-hybridized carbons (Fsp3) is 0.429. The number of carbonyl (C=O) groups is 2. The van der Waals surface area contributed by atoms with Crippen molar-refractivity contribution in [2.45, 2.75) is 31.7 Å². The van der Waals surface area contributed by atoms with Gasteiger partial charge in [0.15, 0.2) is 0 Å². The number of carboxylic acids is 1. The highest BCUT2D eigenvalue weighted by atomic mass is 16.6. The van der Waals surface area contributed by atoms with Gasteiger partial charge in [-0.3, -0.25) is 14.9 Å². The third-order valence-electron chi connectivity index (χ3n) is 3.39. The largest absolute Gasteiger partial charge is 0.480 e. The van der Waals surface area contributed by atoms with Crippen LogP contribution in [-0.2, 0) is 16.0 Å². The van der Waals surface area contributed by atoms with Gasteiger partial charge in [-0.1, -0.05) is 25.0 Å². The molecular formula is C14H16N2O5. The molecule has 7 heteroatoms. The number of non-ortho nitro benzene ring substituents is 1. The quantitative estimate of drug-likeness (QED) is 0.584. The number of hydrogen-bond donors (Lipinski definition) is 2. The molecule has 112 valence electrons. The van der Waals surface area contributed by atoms with E-state index in [0.29, 0.717) is 17.9 Å². The third-order valence-corrected chi connectivity index (χ3v) is 3.39. The van der Waals surface area contributed by atoms with Crippen LogP contribution >= 0.6 is 0 Å². The molecule has 2 N–H and O–H groups in total. The van der Waals surface area contributed by atoms with Crippen molar-refractivity contribution in [3.8, 4) is 0 Å². The fourth-order valence-electron chi connectivity index (χ4n) is 2.12. The van der Waals surface area contributed by atoms with E-state index in [1.54, 1.807) is 6.07 Å². The van der Waals surface area contributed by atoms with Crippen LogP contribution in [0.4, 0.5) is 5.69 Å². The summed E-state index contributed by atoms with van der Waals surface area (Å²) in [5.74, 6) is -1.11. The van der Waals surface area contributed by atoms with Gasteiger partial charge in [0.25, 0.3) is 5.69 Å². The zero-order valence-corrected chi connectivity index (χ0v) is 11.3. The molecule has 0 bridgehead atoms. The summed E-state index contributed by atoms with van der Waals surface area (Å²) in [6.07, 6.45) is 2.38. The van der Waals surface area contributed by atoms with Gasteiger partial charge >= 0.3 is 5.97 Å². The van der Waals surface area contributed by atoms with Gasteiger partial charge in [-0.15, -0.1) is 0 Å². The molecule has 1 aromatic carbocycles. The van der Waals surface area contributed by atoms with Crippen LogP contribution in [-0.4, -0.2) is 27.9 Å². The Balaban J connectivity index is 1.94. The first-order valence-corrected chi connectivity index (χ1v) is 6.71. The second-order valence-electron chi connectivity index (χ2n) is 5.24. The lowest BCUT2D eigenvalue weighted by atomic mass is 10.1. The Kier molecular flexibility index (Phi) is 4.52. The van der Waals surface area contributed by atoms with Crippen LogP contribution in [0.2, 0.25) is 0 Å². The van der Waals surface area contributed by atoms with E-state index in [9.17, 15) is 19.7 Å². The van der Waals surface area contributed by atoms with Crippen molar-refractivity contribution in [3.63, 3.8) is 0 Å². The lowest BCUT2D eigenvalue weighted by Crippen LogP contribution is -2.41. The van der Waals surface area contributed by atoms with E-state index in [2.05, 4.69) is 5.32 Å². The van der Waals surface area contributed by atoms with Crippen LogP contribution in [0.3, 0.4) is 0 Å². The maximum atomic E-state index is 11.9. The molecule has 0 radical (unpaired) electrons. The third kappa shape index (κ3) is 4.55. The van der Waals surface area contributed by atoms with Gasteiger partial charge in [-0.2, -0.15) is 0 Å². The van der Waals surface area contributed by atoms with Gasteiger partial charge < -0.3 is 10.4 Å². The Morgan fingerprint density at radius 1 is 1.43 bits per heavy atom. The lowest BCUT2D eigenvalue weighted by molar-refractivity contribution is -0.384. The van der Waals surface area contributed by atoms with Crippen molar-refractivity contribution in [2.75, 3.05) is 0 Å². The molecule has 2 rings (SSSR count). The first kappa shape index (κ1) is 15.0. The number of nitrogens with zero attached hydrogens (tertiary/aromatic N) is 1. The van der Waals surface area contributed by atoms with Crippen LogP contribution in [0.15, 0.2) is 24.3 Å². The molecule has 7 nitrogen and oxygen atoms in total. The smallest absolute Gasteiger partial charge is 0.326 e. The van der Waals surface area contributed by atoms with Crippen molar-refractivity contribution < 1.29 is 19.6 Å². The number of carboxylic acid groups (broad SMARTS) is 1. The monoisotopic (exact) mass is 292 g/mol. The summed E-state index contributed by atoms with van der Waals surface area (Å²) in [6, 6.07) is 4.87. The number of nitro groups is 1. The van der Waals surface area contributed by atoms with Crippen LogP contribution in [0.5, 0.6) is 0 Å². The summed E-state index contributed by atoms with van der Waals surface area (Å²) in [5.41, 5.74) is 0.394. The molecule has 0 spiro atoms. The van der Waals surface area contributed by atoms with Gasteiger partial charge in [0, 0.05) is 12.1 Å². The molecule has 1 aromatic rings. The van der Waals surface area contributed by atoms with Gasteiger partial charge in [-0.25, -0.2) is 4.79 Å². The van der Waals surface area contributed by atoms with Crippen molar-refractivity contribution in [3.05, 3.63) is 39.9 Å². The fourth-order valence-corrected chi connectivity index (χ4v) is 2.12. The van der Waals surface area contributed by atoms with E-state index in [1.807, 2.05) is 0 Å². The predicted octanol–water partition coefficient (Wildman–Crippen LogP) is 1.51. The zero-order valence-electron chi connectivity index (χ0n) is 11.3. The minimum Gasteiger partial charge on any atom is -0.480 e. The summed E-state index contributed by atoms with van der Waals surface area (Å²) in [7, 11) is 0. The van der Waals surface area contributed by atoms with E-state index in [-0.39, 0.29) is 12.1 Å². The number of aliphatic carboxylic acids is 1. The summed E-state index contributed by atoms with van der Waals surface area (Å²) >= 11 is 0. The van der Waals surface area contributed by atoms with Crippen molar-refractivity contribution in [1.82, 2.24) is 5.32 Å². The number of nitrogens with one attached hydrogen (secondary N) is 1. The standard InChI is InChI=1S/C14H16N2O5/c17-13(15-12(14(18)19)7-9-4-5-9)8-10-2-1-3-11(6-10)16(20)21/h1-3,6,9,12H,4-5,7-8H2,(H,15,17)(H,18,19)/t12-/m1/s1. The molecule has 1 amide bonds. The summed E-state index contributed by atoms with van der Waals surface area (Å²) in [5, 5.41) is 22.2. The number of carbonyl (C=O) groups excluding carboxylic acids is 1. The van der Waals surface area contributed by atoms with Gasteiger partial charge in [0.1, 0.15) is 6.04 Å². The Hall–Kier alpha value is -2.44. The Morgan fingerprint density at radius 2 is 2.14 bits per heavy atom. The molecule has 0 aromatic heterocycles. The molecule has 1 aliphatic carbocycles. The highest BCUT2D eigenvalue weighted by Crippen LogP contribution is 2.33. The topological polar surface area (TPSA) is 110 Å². The van der Waals surface area contributed by atoms with E-state index < -0.39 is 22.8 Å².